The van der Waals surface area contributed by atoms with Crippen LogP contribution >= 0.6 is 15.9 Å². The van der Waals surface area contributed by atoms with Crippen molar-refractivity contribution < 1.29 is 19.1 Å². The number of para-hydroxylation sites is 1. The maximum Gasteiger partial charge on any atom is 0.259 e. The van der Waals surface area contributed by atoms with E-state index in [1.165, 1.54) is 4.90 Å². The molecule has 0 radical (unpaired) electrons. The second kappa shape index (κ2) is 9.09. The first-order valence-corrected chi connectivity index (χ1v) is 9.93. The van der Waals surface area contributed by atoms with Gasteiger partial charge in [0.25, 0.3) is 5.91 Å². The second-order valence-electron chi connectivity index (χ2n) is 6.95. The molecule has 2 aromatic rings. The summed E-state index contributed by atoms with van der Waals surface area (Å²) in [6, 6.07) is 14.2. The standard InChI is InChI=1S/C21H22BrN3O4/c1-24(2)20(27)13-29-16-9-7-15(8-10-16)23-21(28)14-11-19(26)25(12-14)18-6-4-3-5-17(18)22/h3-10,14H,11-13H2,1-2H3,(H,23,28). The molecule has 0 saturated carbocycles. The van der Waals surface area contributed by atoms with E-state index >= 15 is 0 Å². The van der Waals surface area contributed by atoms with E-state index in [0.29, 0.717) is 18.0 Å². The predicted octanol–water partition coefficient (Wildman–Crippen LogP) is 2.91. The molecule has 29 heavy (non-hydrogen) atoms. The molecular formula is C21H22BrN3O4. The lowest BCUT2D eigenvalue weighted by Gasteiger charge is -2.18. The summed E-state index contributed by atoms with van der Waals surface area (Å²) < 4.78 is 6.23. The molecule has 1 N–H and O–H groups in total. The minimum Gasteiger partial charge on any atom is -0.484 e. The molecule has 1 heterocycles. The lowest BCUT2D eigenvalue weighted by Crippen LogP contribution is -2.28. The van der Waals surface area contributed by atoms with Gasteiger partial charge in [-0.1, -0.05) is 12.1 Å². The summed E-state index contributed by atoms with van der Waals surface area (Å²) in [6.07, 6.45) is 0.168. The number of carbonyl (C=O) groups excluding carboxylic acids is 3. The van der Waals surface area contributed by atoms with Gasteiger partial charge >= 0.3 is 0 Å². The minimum atomic E-state index is -0.428. The molecule has 0 aromatic heterocycles. The normalized spacial score (nSPS) is 15.9. The summed E-state index contributed by atoms with van der Waals surface area (Å²) >= 11 is 3.45. The Balaban J connectivity index is 1.57. The fourth-order valence-corrected chi connectivity index (χ4v) is 3.44. The summed E-state index contributed by atoms with van der Waals surface area (Å²) in [5.74, 6) is -0.309. The molecule has 1 aliphatic rings. The van der Waals surface area contributed by atoms with Gasteiger partial charge in [-0.15, -0.1) is 0 Å². The monoisotopic (exact) mass is 459 g/mol. The van der Waals surface area contributed by atoms with Crippen LogP contribution in [-0.2, 0) is 14.4 Å². The summed E-state index contributed by atoms with van der Waals surface area (Å²) in [6.45, 7) is 0.287. The molecule has 3 rings (SSSR count). The number of amides is 3. The zero-order valence-electron chi connectivity index (χ0n) is 16.2. The number of benzene rings is 2. The van der Waals surface area contributed by atoms with Crippen LogP contribution < -0.4 is 15.0 Å². The van der Waals surface area contributed by atoms with Crippen LogP contribution in [0.2, 0.25) is 0 Å². The van der Waals surface area contributed by atoms with Crippen molar-refractivity contribution in [1.29, 1.82) is 0 Å². The number of ether oxygens (including phenoxy) is 1. The zero-order valence-corrected chi connectivity index (χ0v) is 17.8. The lowest BCUT2D eigenvalue weighted by atomic mass is 10.1. The number of halogens is 1. The molecule has 1 fully saturated rings. The molecule has 1 saturated heterocycles. The molecule has 1 atom stereocenters. The van der Waals surface area contributed by atoms with Gasteiger partial charge in [0.1, 0.15) is 5.75 Å². The Bertz CT molecular complexity index is 914. The van der Waals surface area contributed by atoms with Gasteiger partial charge in [0, 0.05) is 37.2 Å². The van der Waals surface area contributed by atoms with Crippen molar-refractivity contribution in [2.45, 2.75) is 6.42 Å². The Kier molecular flexibility index (Phi) is 6.53. The fraction of sp³-hybridized carbons (Fsp3) is 0.286. The average Bonchev–Trinajstić information content (AvgIpc) is 3.09. The van der Waals surface area contributed by atoms with Crippen molar-refractivity contribution >= 4 is 45.0 Å². The highest BCUT2D eigenvalue weighted by Gasteiger charge is 2.35. The Morgan fingerprint density at radius 2 is 1.86 bits per heavy atom. The van der Waals surface area contributed by atoms with Crippen LogP contribution in [-0.4, -0.2) is 49.9 Å². The van der Waals surface area contributed by atoms with Gasteiger partial charge in [-0.25, -0.2) is 0 Å². The number of hydrogen-bond donors (Lipinski definition) is 1. The van der Waals surface area contributed by atoms with Crippen LogP contribution in [0.25, 0.3) is 0 Å². The van der Waals surface area contributed by atoms with Crippen LogP contribution in [0.1, 0.15) is 6.42 Å². The molecule has 0 bridgehead atoms. The molecule has 0 aliphatic carbocycles. The van der Waals surface area contributed by atoms with Crippen molar-refractivity contribution in [3.05, 3.63) is 53.0 Å². The van der Waals surface area contributed by atoms with Gasteiger partial charge in [-0.2, -0.15) is 0 Å². The molecule has 152 valence electrons. The number of carbonyl (C=O) groups is 3. The lowest BCUT2D eigenvalue weighted by molar-refractivity contribution is -0.130. The summed E-state index contributed by atoms with van der Waals surface area (Å²) in [4.78, 5) is 39.7. The van der Waals surface area contributed by atoms with Crippen molar-refractivity contribution in [3.63, 3.8) is 0 Å². The Hall–Kier alpha value is -2.87. The topological polar surface area (TPSA) is 79.0 Å². The van der Waals surface area contributed by atoms with Crippen molar-refractivity contribution in [2.24, 2.45) is 5.92 Å². The van der Waals surface area contributed by atoms with E-state index in [0.717, 1.165) is 10.2 Å². The first-order chi connectivity index (χ1) is 13.8. The zero-order chi connectivity index (χ0) is 21.0. The van der Waals surface area contributed by atoms with Crippen LogP contribution in [0.3, 0.4) is 0 Å². The maximum absolute atomic E-state index is 12.6. The molecule has 3 amide bonds. The van der Waals surface area contributed by atoms with Crippen LogP contribution in [0.5, 0.6) is 5.75 Å². The number of nitrogens with zero attached hydrogens (tertiary/aromatic N) is 2. The highest BCUT2D eigenvalue weighted by Crippen LogP contribution is 2.31. The number of rotatable bonds is 6. The van der Waals surface area contributed by atoms with Crippen LogP contribution in [0.15, 0.2) is 53.0 Å². The number of likely N-dealkylation sites (N-methyl/N-ethyl adjacent to an activating group) is 1. The maximum atomic E-state index is 12.6. The fourth-order valence-electron chi connectivity index (χ4n) is 2.94. The number of hydrogen-bond acceptors (Lipinski definition) is 4. The predicted molar refractivity (Wildman–Crippen MR) is 114 cm³/mol. The van der Waals surface area contributed by atoms with E-state index in [1.807, 2.05) is 24.3 Å². The largest absolute Gasteiger partial charge is 0.484 e. The highest BCUT2D eigenvalue weighted by atomic mass is 79.9. The molecule has 8 heteroatoms. The average molecular weight is 460 g/mol. The molecule has 1 unspecified atom stereocenters. The van der Waals surface area contributed by atoms with E-state index in [1.54, 1.807) is 43.3 Å². The third-order valence-electron chi connectivity index (χ3n) is 4.62. The molecule has 0 spiro atoms. The van der Waals surface area contributed by atoms with Gasteiger partial charge in [-0.3, -0.25) is 14.4 Å². The highest BCUT2D eigenvalue weighted by molar-refractivity contribution is 9.10. The molecule has 2 aromatic carbocycles. The van der Waals surface area contributed by atoms with Crippen molar-refractivity contribution in [1.82, 2.24) is 4.90 Å². The Labute approximate surface area is 177 Å². The summed E-state index contributed by atoms with van der Waals surface area (Å²) in [5.41, 5.74) is 1.37. The number of nitrogens with one attached hydrogen (secondary N) is 1. The van der Waals surface area contributed by atoms with E-state index in [9.17, 15) is 14.4 Å². The van der Waals surface area contributed by atoms with Gasteiger partial charge < -0.3 is 19.9 Å². The second-order valence-corrected chi connectivity index (χ2v) is 7.80. The third kappa shape index (κ3) is 5.14. The van der Waals surface area contributed by atoms with E-state index in [2.05, 4.69) is 21.2 Å². The first kappa shape index (κ1) is 20.9. The SMILES string of the molecule is CN(C)C(=O)COc1ccc(NC(=O)C2CC(=O)N(c3ccccc3Br)C2)cc1. The smallest absolute Gasteiger partial charge is 0.259 e. The summed E-state index contributed by atoms with van der Waals surface area (Å²) in [7, 11) is 3.32. The van der Waals surface area contributed by atoms with Crippen molar-refractivity contribution in [2.75, 3.05) is 37.5 Å². The first-order valence-electron chi connectivity index (χ1n) is 9.14. The van der Waals surface area contributed by atoms with E-state index < -0.39 is 5.92 Å². The number of anilines is 2. The van der Waals surface area contributed by atoms with E-state index in [-0.39, 0.29) is 30.7 Å². The molecule has 1 aliphatic heterocycles. The quantitative estimate of drug-likeness (QED) is 0.719. The van der Waals surface area contributed by atoms with Gasteiger partial charge in [0.15, 0.2) is 6.61 Å². The molecule has 7 nitrogen and oxygen atoms in total. The van der Waals surface area contributed by atoms with Crippen molar-refractivity contribution in [3.8, 4) is 5.75 Å². The Morgan fingerprint density at radius 3 is 2.52 bits per heavy atom. The third-order valence-corrected chi connectivity index (χ3v) is 5.29. The Morgan fingerprint density at radius 1 is 1.17 bits per heavy atom. The van der Waals surface area contributed by atoms with Gasteiger partial charge in [0.05, 0.1) is 11.6 Å². The van der Waals surface area contributed by atoms with Gasteiger partial charge in [0.2, 0.25) is 11.8 Å². The van der Waals surface area contributed by atoms with Crippen LogP contribution in [0, 0.1) is 5.92 Å². The summed E-state index contributed by atoms with van der Waals surface area (Å²) in [5, 5.41) is 2.84. The molecular weight excluding hydrogens is 438 g/mol. The minimum absolute atomic E-state index is 0.0478. The van der Waals surface area contributed by atoms with Crippen LogP contribution in [0.4, 0.5) is 11.4 Å². The van der Waals surface area contributed by atoms with Gasteiger partial charge in [-0.05, 0) is 52.3 Å². The van der Waals surface area contributed by atoms with E-state index in [4.69, 9.17) is 4.74 Å².